The quantitative estimate of drug-likeness (QED) is 0.244. The molecule has 1 aromatic heterocycles. The van der Waals surface area contributed by atoms with Gasteiger partial charge in [-0.05, 0) is 18.8 Å². The van der Waals surface area contributed by atoms with E-state index >= 15 is 0 Å². The van der Waals surface area contributed by atoms with E-state index in [9.17, 15) is 24.3 Å². The summed E-state index contributed by atoms with van der Waals surface area (Å²) in [6.07, 6.45) is 3.94. The van der Waals surface area contributed by atoms with Crippen molar-refractivity contribution in [3.05, 3.63) is 18.2 Å². The molecule has 1 fully saturated rings. The Bertz CT molecular complexity index is 787. The van der Waals surface area contributed by atoms with E-state index in [1.807, 2.05) is 0 Å². The Kier molecular flexibility index (Phi) is 8.87. The lowest BCUT2D eigenvalue weighted by atomic mass is 10.0. The van der Waals surface area contributed by atoms with E-state index in [0.717, 1.165) is 0 Å². The van der Waals surface area contributed by atoms with Gasteiger partial charge in [0.1, 0.15) is 18.1 Å². The van der Waals surface area contributed by atoms with Crippen LogP contribution in [0.3, 0.4) is 0 Å². The first-order chi connectivity index (χ1) is 14.6. The van der Waals surface area contributed by atoms with Gasteiger partial charge in [-0.2, -0.15) is 12.6 Å². The minimum Gasteiger partial charge on any atom is -0.480 e. The summed E-state index contributed by atoms with van der Waals surface area (Å²) in [5, 5.41) is 14.7. The van der Waals surface area contributed by atoms with E-state index in [1.54, 1.807) is 13.8 Å². The zero-order chi connectivity index (χ0) is 23.1. The molecule has 0 saturated carbocycles. The monoisotopic (exact) mass is 454 g/mol. The maximum atomic E-state index is 13.2. The largest absolute Gasteiger partial charge is 0.480 e. The van der Waals surface area contributed by atoms with Crippen LogP contribution in [-0.2, 0) is 25.6 Å². The third-order valence-electron chi connectivity index (χ3n) is 5.20. The molecular weight excluding hydrogens is 424 g/mol. The predicted molar refractivity (Wildman–Crippen MR) is 115 cm³/mol. The zero-order valence-electron chi connectivity index (χ0n) is 17.6. The highest BCUT2D eigenvalue weighted by Crippen LogP contribution is 2.21. The van der Waals surface area contributed by atoms with Gasteiger partial charge in [0, 0.05) is 30.6 Å². The number of aromatic amines is 1. The van der Waals surface area contributed by atoms with Crippen LogP contribution < -0.4 is 16.4 Å². The Morgan fingerprint density at radius 2 is 2.06 bits per heavy atom. The summed E-state index contributed by atoms with van der Waals surface area (Å²) in [4.78, 5) is 57.9. The Morgan fingerprint density at radius 1 is 1.35 bits per heavy atom. The molecule has 11 nitrogen and oxygen atoms in total. The number of imidazole rings is 1. The van der Waals surface area contributed by atoms with E-state index in [-0.39, 0.29) is 18.1 Å². The van der Waals surface area contributed by atoms with Crippen molar-refractivity contribution in [3.63, 3.8) is 0 Å². The van der Waals surface area contributed by atoms with Crippen molar-refractivity contribution in [3.8, 4) is 0 Å². The number of carboxylic acid groups (broad SMARTS) is 1. The van der Waals surface area contributed by atoms with Gasteiger partial charge in [0.2, 0.25) is 17.7 Å². The predicted octanol–water partition coefficient (Wildman–Crippen LogP) is -1.09. The topological polar surface area (TPSA) is 171 Å². The van der Waals surface area contributed by atoms with Crippen LogP contribution in [0.1, 0.15) is 32.4 Å². The maximum Gasteiger partial charge on any atom is 0.326 e. The molecular formula is C19H30N6O5S. The van der Waals surface area contributed by atoms with Gasteiger partial charge in [-0.3, -0.25) is 14.4 Å². The van der Waals surface area contributed by atoms with E-state index in [2.05, 4.69) is 33.2 Å². The fourth-order valence-electron chi connectivity index (χ4n) is 3.42. The molecule has 2 rings (SSSR count). The summed E-state index contributed by atoms with van der Waals surface area (Å²) >= 11 is 4.00. The number of H-pyrrole nitrogens is 1. The average Bonchev–Trinajstić information content (AvgIpc) is 3.41. The van der Waals surface area contributed by atoms with Crippen molar-refractivity contribution in [2.45, 2.75) is 57.3 Å². The molecule has 1 aliphatic heterocycles. The second-order valence-electron chi connectivity index (χ2n) is 7.89. The van der Waals surface area contributed by atoms with Crippen molar-refractivity contribution in [2.24, 2.45) is 11.7 Å². The van der Waals surface area contributed by atoms with Gasteiger partial charge < -0.3 is 31.4 Å². The van der Waals surface area contributed by atoms with Crippen molar-refractivity contribution in [1.82, 2.24) is 25.5 Å². The van der Waals surface area contributed by atoms with Crippen LogP contribution in [0.2, 0.25) is 0 Å². The smallest absolute Gasteiger partial charge is 0.326 e. The van der Waals surface area contributed by atoms with Crippen LogP contribution in [0.25, 0.3) is 0 Å². The maximum absolute atomic E-state index is 13.2. The molecule has 2 heterocycles. The second kappa shape index (κ2) is 11.1. The highest BCUT2D eigenvalue weighted by molar-refractivity contribution is 7.80. The van der Waals surface area contributed by atoms with Crippen molar-refractivity contribution >= 4 is 36.3 Å². The van der Waals surface area contributed by atoms with Gasteiger partial charge in [-0.25, -0.2) is 9.78 Å². The van der Waals surface area contributed by atoms with Crippen LogP contribution >= 0.6 is 12.6 Å². The number of carboxylic acids is 1. The molecule has 0 bridgehead atoms. The summed E-state index contributed by atoms with van der Waals surface area (Å²) in [6.45, 7) is 3.91. The molecule has 1 aliphatic rings. The zero-order valence-corrected chi connectivity index (χ0v) is 18.5. The second-order valence-corrected chi connectivity index (χ2v) is 8.25. The fourth-order valence-corrected chi connectivity index (χ4v) is 3.59. The van der Waals surface area contributed by atoms with Crippen LogP contribution in [-0.4, -0.2) is 80.1 Å². The highest BCUT2D eigenvalue weighted by atomic mass is 32.1. The number of amides is 3. The average molecular weight is 455 g/mol. The number of hydrogen-bond acceptors (Lipinski definition) is 7. The van der Waals surface area contributed by atoms with E-state index in [0.29, 0.717) is 25.1 Å². The molecule has 1 saturated heterocycles. The number of thiol groups is 1. The lowest BCUT2D eigenvalue weighted by Crippen LogP contribution is -2.58. The SMILES string of the molecule is CC(C)C(NC(=O)C(N)CS)C(=O)N1CCCC1C(=O)NC(Cc1cnc[nH]1)C(=O)O. The number of hydrogen-bond donors (Lipinski definition) is 6. The Balaban J connectivity index is 2.10. The first kappa shape index (κ1) is 24.7. The Hall–Kier alpha value is -2.60. The summed E-state index contributed by atoms with van der Waals surface area (Å²) in [6, 6.07) is -3.69. The fraction of sp³-hybridized carbons (Fsp3) is 0.632. The number of aliphatic carboxylic acids is 1. The lowest BCUT2D eigenvalue weighted by Gasteiger charge is -2.31. The van der Waals surface area contributed by atoms with Gasteiger partial charge in [0.15, 0.2) is 0 Å². The highest BCUT2D eigenvalue weighted by Gasteiger charge is 2.40. The number of nitrogens with zero attached hydrogens (tertiary/aromatic N) is 2. The number of carbonyl (C=O) groups excluding carboxylic acids is 3. The summed E-state index contributed by atoms with van der Waals surface area (Å²) in [5.41, 5.74) is 6.26. The van der Waals surface area contributed by atoms with Crippen LogP contribution in [0.5, 0.6) is 0 Å². The molecule has 6 N–H and O–H groups in total. The molecule has 0 radical (unpaired) electrons. The molecule has 3 amide bonds. The molecule has 172 valence electrons. The summed E-state index contributed by atoms with van der Waals surface area (Å²) in [5.74, 6) is -2.72. The van der Waals surface area contributed by atoms with E-state index < -0.39 is 47.9 Å². The van der Waals surface area contributed by atoms with E-state index in [4.69, 9.17) is 5.73 Å². The Labute approximate surface area is 185 Å². The lowest BCUT2D eigenvalue weighted by molar-refractivity contribution is -0.145. The molecule has 4 atom stereocenters. The first-order valence-electron chi connectivity index (χ1n) is 10.1. The summed E-state index contributed by atoms with van der Waals surface area (Å²) < 4.78 is 0. The standard InChI is InChI=1S/C19H30N6O5S/c1-10(2)15(24-16(26)12(20)8-31)18(28)25-5-3-4-14(25)17(27)23-13(19(29)30)6-11-7-21-9-22-11/h7,9-10,12-15,31H,3-6,8,20H2,1-2H3,(H,21,22)(H,23,27)(H,24,26)(H,29,30). The van der Waals surface area contributed by atoms with Gasteiger partial charge in [-0.15, -0.1) is 0 Å². The van der Waals surface area contributed by atoms with Gasteiger partial charge >= 0.3 is 5.97 Å². The third kappa shape index (κ3) is 6.44. The van der Waals surface area contributed by atoms with Crippen molar-refractivity contribution < 1.29 is 24.3 Å². The van der Waals surface area contributed by atoms with Crippen LogP contribution in [0.4, 0.5) is 0 Å². The Morgan fingerprint density at radius 3 is 2.61 bits per heavy atom. The number of carbonyl (C=O) groups is 4. The van der Waals surface area contributed by atoms with Gasteiger partial charge in [-0.1, -0.05) is 13.8 Å². The number of nitrogens with two attached hydrogens (primary N) is 1. The molecule has 4 unspecified atom stereocenters. The normalized spacial score (nSPS) is 19.0. The molecule has 0 spiro atoms. The van der Waals surface area contributed by atoms with Crippen LogP contribution in [0, 0.1) is 5.92 Å². The molecule has 0 aliphatic carbocycles. The summed E-state index contributed by atoms with van der Waals surface area (Å²) in [7, 11) is 0. The first-order valence-corrected chi connectivity index (χ1v) is 10.8. The molecule has 12 heteroatoms. The van der Waals surface area contributed by atoms with Crippen molar-refractivity contribution in [2.75, 3.05) is 12.3 Å². The van der Waals surface area contributed by atoms with Gasteiger partial charge in [0.25, 0.3) is 0 Å². The number of nitrogens with one attached hydrogen (secondary N) is 3. The molecule has 0 aromatic carbocycles. The van der Waals surface area contributed by atoms with Gasteiger partial charge in [0.05, 0.1) is 12.4 Å². The molecule has 1 aromatic rings. The van der Waals surface area contributed by atoms with E-state index in [1.165, 1.54) is 17.4 Å². The van der Waals surface area contributed by atoms with Crippen molar-refractivity contribution in [1.29, 1.82) is 0 Å². The minimum absolute atomic E-state index is 0.0357. The number of aromatic nitrogens is 2. The minimum atomic E-state index is -1.19. The third-order valence-corrected chi connectivity index (χ3v) is 5.59. The number of rotatable bonds is 10. The molecule has 31 heavy (non-hydrogen) atoms. The number of likely N-dealkylation sites (tertiary alicyclic amines) is 1. The van der Waals surface area contributed by atoms with Crippen LogP contribution in [0.15, 0.2) is 12.5 Å².